The third-order valence-corrected chi connectivity index (χ3v) is 3.60. The molecule has 0 fully saturated rings. The zero-order chi connectivity index (χ0) is 20.6. The molecular weight excluding hydrogens is 377 g/mol. The maximum atomic E-state index is 12.1. The van der Waals surface area contributed by atoms with E-state index in [1.54, 1.807) is 13.0 Å². The lowest BCUT2D eigenvalue weighted by Gasteiger charge is -2.09. The number of amides is 1. The highest BCUT2D eigenvalue weighted by molar-refractivity contribution is 5.92. The maximum Gasteiger partial charge on any atom is 0.573 e. The van der Waals surface area contributed by atoms with Crippen LogP contribution in [0.5, 0.6) is 5.75 Å². The van der Waals surface area contributed by atoms with Gasteiger partial charge in [0.2, 0.25) is 0 Å². The first kappa shape index (κ1) is 21.1. The lowest BCUT2D eigenvalue weighted by Crippen LogP contribution is -2.34. The van der Waals surface area contributed by atoms with Gasteiger partial charge in [0.1, 0.15) is 5.75 Å². The van der Waals surface area contributed by atoms with Crippen LogP contribution in [0.3, 0.4) is 0 Å². The summed E-state index contributed by atoms with van der Waals surface area (Å²) in [6, 6.07) is 7.09. The van der Waals surface area contributed by atoms with Gasteiger partial charge in [-0.05, 0) is 37.1 Å². The van der Waals surface area contributed by atoms with E-state index in [9.17, 15) is 18.0 Å². The van der Waals surface area contributed by atoms with Crippen molar-refractivity contribution in [3.63, 3.8) is 0 Å². The van der Waals surface area contributed by atoms with Gasteiger partial charge < -0.3 is 25.5 Å². The minimum atomic E-state index is -4.72. The van der Waals surface area contributed by atoms with Crippen LogP contribution in [0.2, 0.25) is 0 Å². The summed E-state index contributed by atoms with van der Waals surface area (Å²) in [5, 5.41) is 5.63. The Labute approximate surface area is 159 Å². The number of nitrogens with zero attached hydrogens (tertiary/aromatic N) is 1. The summed E-state index contributed by atoms with van der Waals surface area (Å²) >= 11 is 0. The molecule has 10 heteroatoms. The van der Waals surface area contributed by atoms with Crippen LogP contribution in [0.25, 0.3) is 0 Å². The number of guanidine groups is 1. The second-order valence-corrected chi connectivity index (χ2v) is 5.86. The number of hydrogen-bond acceptors (Lipinski definition) is 4. The third-order valence-electron chi connectivity index (χ3n) is 3.60. The Balaban J connectivity index is 1.66. The molecule has 1 heterocycles. The predicted molar refractivity (Wildman–Crippen MR) is 96.8 cm³/mol. The van der Waals surface area contributed by atoms with Gasteiger partial charge in [-0.2, -0.15) is 0 Å². The number of alkyl halides is 3. The molecule has 1 aromatic heterocycles. The van der Waals surface area contributed by atoms with Crippen LogP contribution in [0, 0.1) is 6.92 Å². The van der Waals surface area contributed by atoms with Gasteiger partial charge in [0.15, 0.2) is 11.7 Å². The van der Waals surface area contributed by atoms with Crippen molar-refractivity contribution in [1.29, 1.82) is 0 Å². The second-order valence-electron chi connectivity index (χ2n) is 5.86. The molecule has 0 atom stereocenters. The minimum absolute atomic E-state index is 0.198. The molecular formula is C18H21F3N4O3. The number of aliphatic imine (C=N–C) groups is 1. The normalized spacial score (nSPS) is 11.9. The van der Waals surface area contributed by atoms with Gasteiger partial charge in [-0.1, -0.05) is 12.1 Å². The van der Waals surface area contributed by atoms with E-state index in [0.717, 1.165) is 5.56 Å². The van der Waals surface area contributed by atoms with Crippen molar-refractivity contribution in [3.8, 4) is 5.75 Å². The Morgan fingerprint density at radius 1 is 1.18 bits per heavy atom. The third kappa shape index (κ3) is 7.22. The van der Waals surface area contributed by atoms with Crippen molar-refractivity contribution >= 4 is 11.9 Å². The smallest absolute Gasteiger partial charge is 0.459 e. The van der Waals surface area contributed by atoms with Crippen LogP contribution < -0.4 is 21.1 Å². The molecule has 28 heavy (non-hydrogen) atoms. The Morgan fingerprint density at radius 2 is 1.86 bits per heavy atom. The van der Waals surface area contributed by atoms with Crippen LogP contribution in [-0.4, -0.2) is 31.3 Å². The van der Waals surface area contributed by atoms with Crippen molar-refractivity contribution < 1.29 is 27.1 Å². The number of halogens is 3. The SMILES string of the molecule is Cc1ccoc1C(=O)NCCCNC(N)=NCc1ccc(OC(F)(F)F)cc1. The van der Waals surface area contributed by atoms with Gasteiger partial charge in [0, 0.05) is 18.7 Å². The van der Waals surface area contributed by atoms with Crippen molar-refractivity contribution in [3.05, 3.63) is 53.5 Å². The standard InChI is InChI=1S/C18H21F3N4O3/c1-12-7-10-27-15(12)16(26)23-8-2-9-24-17(22)25-11-13-3-5-14(6-4-13)28-18(19,20)21/h3-7,10H,2,8-9,11H2,1H3,(H,23,26)(H3,22,24,25). The van der Waals surface area contributed by atoms with Crippen molar-refractivity contribution in [2.24, 2.45) is 10.7 Å². The van der Waals surface area contributed by atoms with Crippen molar-refractivity contribution in [2.75, 3.05) is 13.1 Å². The lowest BCUT2D eigenvalue weighted by molar-refractivity contribution is -0.274. The fourth-order valence-electron chi connectivity index (χ4n) is 2.22. The van der Waals surface area contributed by atoms with Crippen molar-refractivity contribution in [2.45, 2.75) is 26.3 Å². The quantitative estimate of drug-likeness (QED) is 0.361. The van der Waals surface area contributed by atoms with Gasteiger partial charge in [-0.15, -0.1) is 13.2 Å². The summed E-state index contributed by atoms with van der Waals surface area (Å²) < 4.78 is 45.2. The van der Waals surface area contributed by atoms with Crippen LogP contribution in [0.1, 0.15) is 28.1 Å². The monoisotopic (exact) mass is 398 g/mol. The summed E-state index contributed by atoms with van der Waals surface area (Å²) in [5.41, 5.74) is 7.19. The minimum Gasteiger partial charge on any atom is -0.459 e. The highest BCUT2D eigenvalue weighted by Crippen LogP contribution is 2.22. The Kier molecular flexibility index (Phi) is 7.30. The van der Waals surface area contributed by atoms with Gasteiger partial charge in [-0.25, -0.2) is 4.99 Å². The van der Waals surface area contributed by atoms with Crippen LogP contribution >= 0.6 is 0 Å². The molecule has 2 rings (SSSR count). The highest BCUT2D eigenvalue weighted by Gasteiger charge is 2.30. The van der Waals surface area contributed by atoms with E-state index in [-0.39, 0.29) is 24.2 Å². The second kappa shape index (κ2) is 9.67. The number of nitrogens with one attached hydrogen (secondary N) is 2. The van der Waals surface area contributed by atoms with Crippen molar-refractivity contribution in [1.82, 2.24) is 10.6 Å². The van der Waals surface area contributed by atoms with E-state index in [1.165, 1.54) is 30.5 Å². The molecule has 1 amide bonds. The molecule has 0 saturated carbocycles. The fraction of sp³-hybridized carbons (Fsp3) is 0.333. The molecule has 0 spiro atoms. The summed E-state index contributed by atoms with van der Waals surface area (Å²) in [5.74, 6) is -0.0790. The summed E-state index contributed by atoms with van der Waals surface area (Å²) in [7, 11) is 0. The zero-order valence-corrected chi connectivity index (χ0v) is 15.2. The molecule has 0 saturated heterocycles. The van der Waals surface area contributed by atoms with E-state index in [0.29, 0.717) is 30.8 Å². The Bertz CT molecular complexity index is 801. The average Bonchev–Trinajstić information content (AvgIpc) is 3.05. The Morgan fingerprint density at radius 3 is 2.46 bits per heavy atom. The largest absolute Gasteiger partial charge is 0.573 e. The zero-order valence-electron chi connectivity index (χ0n) is 15.2. The number of furan rings is 1. The van der Waals surface area contributed by atoms with Crippen LogP contribution in [0.4, 0.5) is 13.2 Å². The molecule has 0 aliphatic carbocycles. The average molecular weight is 398 g/mol. The molecule has 0 aliphatic rings. The number of carbonyl (C=O) groups excluding carboxylic acids is 1. The highest BCUT2D eigenvalue weighted by atomic mass is 19.4. The molecule has 4 N–H and O–H groups in total. The van der Waals surface area contributed by atoms with Gasteiger partial charge >= 0.3 is 6.36 Å². The Hall–Kier alpha value is -3.17. The van der Waals surface area contributed by atoms with E-state index in [4.69, 9.17) is 10.2 Å². The topological polar surface area (TPSA) is 102 Å². The fourth-order valence-corrected chi connectivity index (χ4v) is 2.22. The van der Waals surface area contributed by atoms with Gasteiger partial charge in [0.05, 0.1) is 12.8 Å². The molecule has 152 valence electrons. The summed E-state index contributed by atoms with van der Waals surface area (Å²) in [6.07, 6.45) is -2.64. The lowest BCUT2D eigenvalue weighted by atomic mass is 10.2. The molecule has 1 aromatic carbocycles. The first-order chi connectivity index (χ1) is 13.2. The first-order valence-electron chi connectivity index (χ1n) is 8.45. The first-order valence-corrected chi connectivity index (χ1v) is 8.45. The maximum absolute atomic E-state index is 12.1. The number of benzene rings is 1. The molecule has 7 nitrogen and oxygen atoms in total. The number of hydrogen-bond donors (Lipinski definition) is 3. The summed E-state index contributed by atoms with van der Waals surface area (Å²) in [4.78, 5) is 15.9. The number of carbonyl (C=O) groups is 1. The number of aryl methyl sites for hydroxylation is 1. The predicted octanol–water partition coefficient (Wildman–Crippen LogP) is 2.71. The van der Waals surface area contributed by atoms with E-state index >= 15 is 0 Å². The molecule has 2 aromatic rings. The van der Waals surface area contributed by atoms with E-state index < -0.39 is 6.36 Å². The molecule has 0 bridgehead atoms. The van der Waals surface area contributed by atoms with Crippen LogP contribution in [-0.2, 0) is 6.54 Å². The van der Waals surface area contributed by atoms with Gasteiger partial charge in [0.25, 0.3) is 5.91 Å². The number of nitrogens with two attached hydrogens (primary N) is 1. The van der Waals surface area contributed by atoms with E-state index in [2.05, 4.69) is 20.4 Å². The van der Waals surface area contributed by atoms with Crippen LogP contribution in [0.15, 0.2) is 46.0 Å². The van der Waals surface area contributed by atoms with E-state index in [1.807, 2.05) is 0 Å². The number of rotatable bonds is 8. The molecule has 0 radical (unpaired) electrons. The number of ether oxygens (including phenoxy) is 1. The van der Waals surface area contributed by atoms with Gasteiger partial charge in [-0.3, -0.25) is 4.79 Å². The summed E-state index contributed by atoms with van der Waals surface area (Å²) in [6.45, 7) is 2.92. The molecule has 0 unspecified atom stereocenters. The molecule has 0 aliphatic heterocycles.